The molecule has 0 amide bonds. The van der Waals surface area contributed by atoms with E-state index in [1.807, 2.05) is 11.0 Å². The highest BCUT2D eigenvalue weighted by Gasteiger charge is 2.53. The first-order chi connectivity index (χ1) is 18.1. The van der Waals surface area contributed by atoms with Crippen LogP contribution in [0.5, 0.6) is 0 Å². The average Bonchev–Trinajstić information content (AvgIpc) is 3.29. The van der Waals surface area contributed by atoms with Crippen LogP contribution in [0.15, 0.2) is 51.1 Å². The van der Waals surface area contributed by atoms with Crippen molar-refractivity contribution in [3.8, 4) is 0 Å². The van der Waals surface area contributed by atoms with Crippen LogP contribution in [-0.2, 0) is 20.8 Å². The molecule has 200 valence electrons. The summed E-state index contributed by atoms with van der Waals surface area (Å²) in [6.45, 7) is 5.08. The summed E-state index contributed by atoms with van der Waals surface area (Å²) in [5.41, 5.74) is 0.386. The second-order valence-corrected chi connectivity index (χ2v) is 15.5. The lowest BCUT2D eigenvalue weighted by Crippen LogP contribution is -2.56. The van der Waals surface area contributed by atoms with E-state index < -0.39 is 31.9 Å². The number of piperazine rings is 1. The number of aromatic nitrogens is 4. The average molecular weight is 595 g/mol. The minimum atomic E-state index is -3.48. The minimum Gasteiger partial charge on any atom is -0.345 e. The highest BCUT2D eigenvalue weighted by molar-refractivity contribution is 7.94. The lowest BCUT2D eigenvalue weighted by atomic mass is 10.1. The van der Waals surface area contributed by atoms with Crippen LogP contribution >= 0.6 is 22.9 Å². The predicted molar refractivity (Wildman–Crippen MR) is 147 cm³/mol. The fourth-order valence-corrected chi connectivity index (χ4v) is 9.31. The molecule has 1 aromatic carbocycles. The molecular weight excluding hydrogens is 571 g/mol. The van der Waals surface area contributed by atoms with E-state index in [1.165, 1.54) is 22.5 Å². The van der Waals surface area contributed by atoms with Gasteiger partial charge in [-0.25, -0.2) is 27.0 Å². The van der Waals surface area contributed by atoms with E-state index in [-0.39, 0.29) is 9.75 Å². The third-order valence-corrected chi connectivity index (χ3v) is 12.6. The standard InChI is InChI=1S/C24H24ClFN6O3S3/c1-15(2)38(34,35)20-7-6-19(36-20)37(33)32-18-5-3-4-17(25)21(18)22(29-32)31-11-10-30(14-24(31)8-9-24)23-27-12-16(26)13-28-23/h3-7,12-13,15H,8-11,14H2,1-2H3. The molecule has 0 bridgehead atoms. The van der Waals surface area contributed by atoms with Crippen molar-refractivity contribution < 1.29 is 17.0 Å². The van der Waals surface area contributed by atoms with E-state index in [2.05, 4.69) is 14.9 Å². The molecule has 1 spiro atoms. The molecule has 38 heavy (non-hydrogen) atoms. The molecule has 2 fully saturated rings. The molecule has 1 unspecified atom stereocenters. The second-order valence-electron chi connectivity index (χ2n) is 9.75. The largest absolute Gasteiger partial charge is 0.345 e. The molecule has 1 saturated heterocycles. The van der Waals surface area contributed by atoms with Gasteiger partial charge in [-0.3, -0.25) is 0 Å². The highest BCUT2D eigenvalue weighted by Crippen LogP contribution is 2.49. The molecule has 0 N–H and O–H groups in total. The van der Waals surface area contributed by atoms with Crippen LogP contribution in [0.25, 0.3) is 10.9 Å². The van der Waals surface area contributed by atoms with E-state index >= 15 is 0 Å². The van der Waals surface area contributed by atoms with Crippen LogP contribution in [0.2, 0.25) is 5.02 Å². The Morgan fingerprint density at radius 2 is 1.87 bits per heavy atom. The van der Waals surface area contributed by atoms with Gasteiger partial charge in [-0.05, 0) is 51.0 Å². The summed E-state index contributed by atoms with van der Waals surface area (Å²) < 4.78 is 54.3. The normalized spacial score (nSPS) is 18.0. The van der Waals surface area contributed by atoms with E-state index in [0.29, 0.717) is 51.5 Å². The summed E-state index contributed by atoms with van der Waals surface area (Å²) >= 11 is 7.67. The van der Waals surface area contributed by atoms with Gasteiger partial charge >= 0.3 is 0 Å². The fourth-order valence-electron chi connectivity index (χ4n) is 4.79. The van der Waals surface area contributed by atoms with Crippen molar-refractivity contribution in [1.82, 2.24) is 19.2 Å². The van der Waals surface area contributed by atoms with Crippen molar-refractivity contribution in [2.75, 3.05) is 29.4 Å². The minimum absolute atomic E-state index is 0.182. The van der Waals surface area contributed by atoms with Gasteiger partial charge in [-0.2, -0.15) is 4.09 Å². The van der Waals surface area contributed by atoms with E-state index in [4.69, 9.17) is 16.7 Å². The maximum Gasteiger partial charge on any atom is 0.225 e. The molecule has 2 aliphatic rings. The highest BCUT2D eigenvalue weighted by atomic mass is 35.5. The number of rotatable bonds is 6. The zero-order chi connectivity index (χ0) is 26.8. The Labute approximate surface area is 230 Å². The molecule has 1 aliphatic carbocycles. The fraction of sp³-hybridized carbons (Fsp3) is 0.375. The van der Waals surface area contributed by atoms with Crippen molar-refractivity contribution in [3.05, 3.63) is 53.6 Å². The van der Waals surface area contributed by atoms with Crippen LogP contribution < -0.4 is 9.80 Å². The molecule has 0 radical (unpaired) electrons. The second kappa shape index (κ2) is 9.25. The van der Waals surface area contributed by atoms with Crippen LogP contribution in [0.4, 0.5) is 16.2 Å². The molecule has 1 atom stereocenters. The number of fused-ring (bicyclic) bond motifs is 1. The van der Waals surface area contributed by atoms with Gasteiger partial charge in [0.2, 0.25) is 5.95 Å². The predicted octanol–water partition coefficient (Wildman–Crippen LogP) is 4.29. The van der Waals surface area contributed by atoms with Gasteiger partial charge in [-0.15, -0.1) is 16.4 Å². The van der Waals surface area contributed by atoms with Crippen molar-refractivity contribution in [3.63, 3.8) is 0 Å². The first-order valence-corrected chi connectivity index (χ1v) is 15.9. The lowest BCUT2D eigenvalue weighted by Gasteiger charge is -2.42. The maximum atomic E-state index is 13.7. The van der Waals surface area contributed by atoms with E-state index in [0.717, 1.165) is 24.2 Å². The number of nitrogens with zero attached hydrogens (tertiary/aromatic N) is 6. The van der Waals surface area contributed by atoms with E-state index in [9.17, 15) is 17.0 Å². The number of benzene rings is 1. The van der Waals surface area contributed by atoms with Crippen molar-refractivity contribution >= 4 is 66.4 Å². The third kappa shape index (κ3) is 4.19. The zero-order valence-electron chi connectivity index (χ0n) is 20.5. The van der Waals surface area contributed by atoms with Crippen molar-refractivity contribution in [2.24, 2.45) is 0 Å². The molecule has 4 aromatic rings. The van der Waals surface area contributed by atoms with E-state index in [1.54, 1.807) is 32.0 Å². The molecule has 3 aromatic heterocycles. The molecule has 4 heterocycles. The number of halogens is 2. The first-order valence-electron chi connectivity index (χ1n) is 12.0. The van der Waals surface area contributed by atoms with Crippen molar-refractivity contribution in [1.29, 1.82) is 0 Å². The van der Waals surface area contributed by atoms with Gasteiger partial charge in [0.25, 0.3) is 0 Å². The molecule has 9 nitrogen and oxygen atoms in total. The smallest absolute Gasteiger partial charge is 0.225 e. The summed E-state index contributed by atoms with van der Waals surface area (Å²) in [7, 11) is -5.26. The van der Waals surface area contributed by atoms with Crippen molar-refractivity contribution in [2.45, 2.75) is 45.9 Å². The zero-order valence-corrected chi connectivity index (χ0v) is 23.7. The SMILES string of the molecule is CC(C)S(=O)(=O)c1ccc(S(=O)n2nc(N3CCN(c4ncc(F)cn4)CC34CC4)c3c(Cl)cccc32)s1. The van der Waals surface area contributed by atoms with Gasteiger partial charge in [-0.1, -0.05) is 17.7 Å². The Hall–Kier alpha value is -2.61. The Morgan fingerprint density at radius 1 is 1.13 bits per heavy atom. The number of thiophene rings is 1. The Balaban J connectivity index is 1.37. The number of anilines is 2. The van der Waals surface area contributed by atoms with Gasteiger partial charge in [0.1, 0.15) is 8.42 Å². The molecule has 1 aliphatic heterocycles. The monoisotopic (exact) mass is 594 g/mol. The lowest BCUT2D eigenvalue weighted by molar-refractivity contribution is 0.497. The molecule has 14 heteroatoms. The topological polar surface area (TPSA) is 101 Å². The quantitative estimate of drug-likeness (QED) is 0.326. The summed E-state index contributed by atoms with van der Waals surface area (Å²) in [6.07, 6.45) is 4.18. The molecule has 6 rings (SSSR count). The summed E-state index contributed by atoms with van der Waals surface area (Å²) in [5.74, 6) is 0.646. The Kier molecular flexibility index (Phi) is 6.24. The third-order valence-electron chi connectivity index (χ3n) is 7.02. The van der Waals surface area contributed by atoms with Crippen LogP contribution in [0.1, 0.15) is 26.7 Å². The molecule has 1 saturated carbocycles. The molecular formula is C24H24ClFN6O3S3. The number of hydrogen-bond donors (Lipinski definition) is 0. The number of sulfone groups is 1. The van der Waals surface area contributed by atoms with Crippen LogP contribution in [0.3, 0.4) is 0 Å². The Morgan fingerprint density at radius 3 is 2.55 bits per heavy atom. The van der Waals surface area contributed by atoms with Gasteiger partial charge in [0.15, 0.2) is 32.5 Å². The van der Waals surface area contributed by atoms with Gasteiger partial charge < -0.3 is 9.80 Å². The van der Waals surface area contributed by atoms with Gasteiger partial charge in [0, 0.05) is 19.6 Å². The summed E-state index contributed by atoms with van der Waals surface area (Å²) in [5, 5.41) is 5.44. The summed E-state index contributed by atoms with van der Waals surface area (Å²) in [4.78, 5) is 12.6. The number of hydrogen-bond acceptors (Lipinski definition) is 9. The summed E-state index contributed by atoms with van der Waals surface area (Å²) in [6, 6.07) is 8.46. The first kappa shape index (κ1) is 25.7. The van der Waals surface area contributed by atoms with Crippen LogP contribution in [-0.4, -0.2) is 62.2 Å². The maximum absolute atomic E-state index is 13.7. The Bertz CT molecular complexity index is 1670. The van der Waals surface area contributed by atoms with Gasteiger partial charge in [0.05, 0.1) is 39.1 Å². The van der Waals surface area contributed by atoms with Crippen LogP contribution in [0, 0.1) is 5.82 Å².